The largest absolute Gasteiger partial charge is 0.399 e. The van der Waals surface area contributed by atoms with Gasteiger partial charge in [-0.3, -0.25) is 0 Å². The third-order valence-corrected chi connectivity index (χ3v) is 2.19. The Morgan fingerprint density at radius 1 is 1.19 bits per heavy atom. The average Bonchev–Trinajstić information content (AvgIpc) is 2.30. The number of anilines is 1. The summed E-state index contributed by atoms with van der Waals surface area (Å²) in [5.74, 6) is 0. The Morgan fingerprint density at radius 3 is 2.62 bits per heavy atom. The lowest BCUT2D eigenvalue weighted by Gasteiger charge is -2.05. The molecule has 4 heteroatoms. The lowest BCUT2D eigenvalue weighted by molar-refractivity contribution is 0.0291. The second-order valence-corrected chi connectivity index (χ2v) is 3.58. The number of benzene rings is 1. The van der Waals surface area contributed by atoms with E-state index in [0.717, 1.165) is 31.7 Å². The zero-order valence-electron chi connectivity index (χ0n) is 9.74. The highest BCUT2D eigenvalue weighted by Gasteiger charge is 1.93. The molecule has 90 valence electrons. The molecule has 0 bridgehead atoms. The summed E-state index contributed by atoms with van der Waals surface area (Å²) in [6.45, 7) is 2.21. The molecule has 0 radical (unpaired) electrons. The molecule has 1 aromatic carbocycles. The second kappa shape index (κ2) is 8.10. The number of methoxy groups -OCH3 is 1. The first kappa shape index (κ1) is 13.0. The van der Waals surface area contributed by atoms with Crippen molar-refractivity contribution >= 4 is 5.69 Å². The van der Waals surface area contributed by atoms with Crippen LogP contribution < -0.4 is 11.2 Å². The summed E-state index contributed by atoms with van der Waals surface area (Å²) < 4.78 is 4.91. The van der Waals surface area contributed by atoms with E-state index in [1.165, 1.54) is 5.56 Å². The first-order valence-corrected chi connectivity index (χ1v) is 5.51. The maximum atomic E-state index is 5.60. The van der Waals surface area contributed by atoms with Crippen molar-refractivity contribution in [2.75, 3.05) is 32.6 Å². The first-order valence-electron chi connectivity index (χ1n) is 5.51. The fourth-order valence-electron chi connectivity index (χ4n) is 1.30. The monoisotopic (exact) mass is 224 g/mol. The maximum Gasteiger partial charge on any atom is 0.0704 e. The van der Waals surface area contributed by atoms with Crippen molar-refractivity contribution in [2.24, 2.45) is 0 Å². The van der Waals surface area contributed by atoms with Crippen LogP contribution in [0.3, 0.4) is 0 Å². The van der Waals surface area contributed by atoms with E-state index in [2.05, 4.69) is 5.48 Å². The Labute approximate surface area is 96.7 Å². The van der Waals surface area contributed by atoms with Crippen LogP contribution in [-0.4, -0.2) is 26.9 Å². The van der Waals surface area contributed by atoms with E-state index < -0.39 is 0 Å². The highest BCUT2D eigenvalue weighted by atomic mass is 16.6. The molecular weight excluding hydrogens is 204 g/mol. The van der Waals surface area contributed by atoms with Gasteiger partial charge in [-0.15, -0.1) is 0 Å². The van der Waals surface area contributed by atoms with E-state index in [-0.39, 0.29) is 0 Å². The van der Waals surface area contributed by atoms with Crippen molar-refractivity contribution in [1.82, 2.24) is 5.48 Å². The molecule has 16 heavy (non-hydrogen) atoms. The van der Waals surface area contributed by atoms with Crippen LogP contribution >= 0.6 is 0 Å². The molecule has 0 saturated carbocycles. The van der Waals surface area contributed by atoms with Crippen LogP contribution in [0.5, 0.6) is 0 Å². The van der Waals surface area contributed by atoms with Gasteiger partial charge in [-0.1, -0.05) is 12.1 Å². The molecule has 0 unspecified atom stereocenters. The predicted molar refractivity (Wildman–Crippen MR) is 65.0 cm³/mol. The molecule has 0 aromatic heterocycles. The van der Waals surface area contributed by atoms with Gasteiger partial charge in [0.05, 0.1) is 6.61 Å². The number of nitrogen functional groups attached to an aromatic ring is 1. The first-order chi connectivity index (χ1) is 7.83. The fourth-order valence-corrected chi connectivity index (χ4v) is 1.30. The molecule has 0 amide bonds. The topological polar surface area (TPSA) is 56.5 Å². The summed E-state index contributed by atoms with van der Waals surface area (Å²) >= 11 is 0. The molecule has 0 heterocycles. The van der Waals surface area contributed by atoms with Crippen LogP contribution in [0.2, 0.25) is 0 Å². The smallest absolute Gasteiger partial charge is 0.0704 e. The third kappa shape index (κ3) is 5.70. The van der Waals surface area contributed by atoms with Gasteiger partial charge < -0.3 is 15.3 Å². The van der Waals surface area contributed by atoms with Gasteiger partial charge >= 0.3 is 0 Å². The quantitative estimate of drug-likeness (QED) is 0.398. The molecule has 3 N–H and O–H groups in total. The van der Waals surface area contributed by atoms with Crippen molar-refractivity contribution in [2.45, 2.75) is 12.8 Å². The minimum absolute atomic E-state index is 0.676. The average molecular weight is 224 g/mol. The van der Waals surface area contributed by atoms with E-state index in [0.29, 0.717) is 6.61 Å². The van der Waals surface area contributed by atoms with E-state index in [1.54, 1.807) is 7.11 Å². The molecule has 1 rings (SSSR count). The normalized spacial score (nSPS) is 10.6. The number of hydrogen-bond acceptors (Lipinski definition) is 4. The van der Waals surface area contributed by atoms with Gasteiger partial charge in [-0.25, -0.2) is 5.48 Å². The highest BCUT2D eigenvalue weighted by molar-refractivity contribution is 5.39. The zero-order valence-corrected chi connectivity index (χ0v) is 9.74. The predicted octanol–water partition coefficient (Wildman–Crippen LogP) is 1.37. The Kier molecular flexibility index (Phi) is 6.56. The highest BCUT2D eigenvalue weighted by Crippen LogP contribution is 2.05. The number of nitrogens with two attached hydrogens (primary N) is 1. The van der Waals surface area contributed by atoms with Crippen LogP contribution in [0.4, 0.5) is 5.69 Å². The van der Waals surface area contributed by atoms with E-state index >= 15 is 0 Å². The van der Waals surface area contributed by atoms with Gasteiger partial charge in [0.1, 0.15) is 0 Å². The standard InChI is InChI=1S/C12H20N2O2/c1-15-9-2-10-16-14-8-7-11-3-5-12(13)6-4-11/h3-6,14H,2,7-10,13H2,1H3. The lowest BCUT2D eigenvalue weighted by Crippen LogP contribution is -2.19. The summed E-state index contributed by atoms with van der Waals surface area (Å²) in [6, 6.07) is 7.88. The second-order valence-electron chi connectivity index (χ2n) is 3.58. The Balaban J connectivity index is 2.01. The van der Waals surface area contributed by atoms with Crippen molar-refractivity contribution in [1.29, 1.82) is 0 Å². The molecule has 0 aliphatic heterocycles. The van der Waals surface area contributed by atoms with Gasteiger partial charge in [-0.2, -0.15) is 0 Å². The van der Waals surface area contributed by atoms with Crippen LogP contribution in [0.1, 0.15) is 12.0 Å². The SMILES string of the molecule is COCCCONCCc1ccc(N)cc1. The number of ether oxygens (including phenoxy) is 1. The maximum absolute atomic E-state index is 5.60. The third-order valence-electron chi connectivity index (χ3n) is 2.19. The zero-order chi connectivity index (χ0) is 11.6. The van der Waals surface area contributed by atoms with E-state index in [4.69, 9.17) is 15.3 Å². The van der Waals surface area contributed by atoms with Gasteiger partial charge in [-0.05, 0) is 30.5 Å². The number of hydroxylamine groups is 1. The number of nitrogens with one attached hydrogen (secondary N) is 1. The fraction of sp³-hybridized carbons (Fsp3) is 0.500. The minimum atomic E-state index is 0.676. The summed E-state index contributed by atoms with van der Waals surface area (Å²) in [7, 11) is 1.69. The summed E-state index contributed by atoms with van der Waals surface area (Å²) in [5.41, 5.74) is 10.6. The Bertz CT molecular complexity index is 275. The Hall–Kier alpha value is -1.10. The van der Waals surface area contributed by atoms with E-state index in [9.17, 15) is 0 Å². The van der Waals surface area contributed by atoms with Gasteiger partial charge in [0.2, 0.25) is 0 Å². The molecule has 0 aliphatic rings. The molecule has 0 spiro atoms. The molecule has 0 fully saturated rings. The van der Waals surface area contributed by atoms with E-state index in [1.807, 2.05) is 24.3 Å². The van der Waals surface area contributed by atoms with Crippen molar-refractivity contribution < 1.29 is 9.57 Å². The molecule has 1 aromatic rings. The summed E-state index contributed by atoms with van der Waals surface area (Å²) in [6.07, 6.45) is 1.84. The minimum Gasteiger partial charge on any atom is -0.399 e. The summed E-state index contributed by atoms with van der Waals surface area (Å²) in [4.78, 5) is 5.23. The van der Waals surface area contributed by atoms with Crippen LogP contribution in [0, 0.1) is 0 Å². The van der Waals surface area contributed by atoms with Gasteiger partial charge in [0.25, 0.3) is 0 Å². The molecular formula is C12H20N2O2. The van der Waals surface area contributed by atoms with Crippen LogP contribution in [-0.2, 0) is 16.0 Å². The van der Waals surface area contributed by atoms with Gasteiger partial charge in [0.15, 0.2) is 0 Å². The van der Waals surface area contributed by atoms with Crippen molar-refractivity contribution in [3.63, 3.8) is 0 Å². The molecule has 4 nitrogen and oxygen atoms in total. The van der Waals surface area contributed by atoms with Gasteiger partial charge in [0, 0.05) is 25.9 Å². The molecule has 0 atom stereocenters. The van der Waals surface area contributed by atoms with Crippen molar-refractivity contribution in [3.8, 4) is 0 Å². The number of hydrogen-bond donors (Lipinski definition) is 2. The number of rotatable bonds is 8. The van der Waals surface area contributed by atoms with Crippen molar-refractivity contribution in [3.05, 3.63) is 29.8 Å². The Morgan fingerprint density at radius 2 is 1.94 bits per heavy atom. The van der Waals surface area contributed by atoms with Crippen LogP contribution in [0.15, 0.2) is 24.3 Å². The molecule has 0 aliphatic carbocycles. The summed E-state index contributed by atoms with van der Waals surface area (Å²) in [5, 5.41) is 0. The van der Waals surface area contributed by atoms with Crippen LogP contribution in [0.25, 0.3) is 0 Å². The molecule has 0 saturated heterocycles. The lowest BCUT2D eigenvalue weighted by atomic mass is 10.1.